The molecular weight excluding hydrogens is 474 g/mol. The molecule has 188 valence electrons. The quantitative estimate of drug-likeness (QED) is 0.325. The summed E-state index contributed by atoms with van der Waals surface area (Å²) < 4.78 is 3.83. The van der Waals surface area contributed by atoms with Gasteiger partial charge in [-0.15, -0.1) is 10.2 Å². The monoisotopic (exact) mass is 505 g/mol. The number of aromatic nitrogens is 5. The normalized spacial score (nSPS) is 12.1. The van der Waals surface area contributed by atoms with Gasteiger partial charge in [-0.25, -0.2) is 4.98 Å². The Morgan fingerprint density at radius 1 is 1.08 bits per heavy atom. The van der Waals surface area contributed by atoms with Gasteiger partial charge in [-0.1, -0.05) is 67.9 Å². The fourth-order valence-corrected chi connectivity index (χ4v) is 4.58. The van der Waals surface area contributed by atoms with Crippen LogP contribution in [0.25, 0.3) is 11.3 Å². The van der Waals surface area contributed by atoms with Crippen molar-refractivity contribution in [2.45, 2.75) is 39.4 Å². The first kappa shape index (κ1) is 25.6. The van der Waals surface area contributed by atoms with Crippen molar-refractivity contribution in [3.63, 3.8) is 0 Å². The minimum atomic E-state index is -0.253. The molecule has 0 fully saturated rings. The van der Waals surface area contributed by atoms with Crippen LogP contribution in [0.15, 0.2) is 73.4 Å². The maximum atomic E-state index is 13.6. The van der Waals surface area contributed by atoms with E-state index in [0.717, 1.165) is 22.6 Å². The molecule has 0 unspecified atom stereocenters. The van der Waals surface area contributed by atoms with Gasteiger partial charge in [0.25, 0.3) is 0 Å². The molecule has 0 aliphatic heterocycles. The van der Waals surface area contributed by atoms with E-state index in [1.54, 1.807) is 17.2 Å². The van der Waals surface area contributed by atoms with Gasteiger partial charge in [0.05, 0.1) is 11.7 Å². The molecule has 1 atom stereocenters. The Morgan fingerprint density at radius 2 is 1.83 bits per heavy atom. The molecule has 1 amide bonds. The van der Waals surface area contributed by atoms with E-state index in [-0.39, 0.29) is 24.4 Å². The van der Waals surface area contributed by atoms with Crippen LogP contribution in [-0.4, -0.2) is 48.2 Å². The summed E-state index contributed by atoms with van der Waals surface area (Å²) in [4.78, 5) is 20.6. The maximum Gasteiger partial charge on any atom is 0.243 e. The number of halogens is 1. The maximum absolute atomic E-state index is 13.6. The lowest BCUT2D eigenvalue weighted by atomic mass is 10.0. The third kappa shape index (κ3) is 6.19. The molecule has 0 radical (unpaired) electrons. The third-order valence-corrected chi connectivity index (χ3v) is 6.30. The molecule has 2 N–H and O–H groups in total. The van der Waals surface area contributed by atoms with Gasteiger partial charge in [0, 0.05) is 29.9 Å². The van der Waals surface area contributed by atoms with Crippen molar-refractivity contribution < 1.29 is 4.79 Å². The average Bonchev–Trinajstić information content (AvgIpc) is 3.52. The van der Waals surface area contributed by atoms with Gasteiger partial charge in [0.2, 0.25) is 5.91 Å². The highest BCUT2D eigenvalue weighted by atomic mass is 35.5. The number of imidazole rings is 1. The lowest BCUT2D eigenvalue weighted by Gasteiger charge is -2.34. The van der Waals surface area contributed by atoms with Gasteiger partial charge in [-0.05, 0) is 36.6 Å². The number of rotatable bonds is 11. The molecule has 9 heteroatoms. The SMILES string of the molecule is CC(C)[C@H](c1nc(-c2cccc(Cl)c2)cn1Cc1ccccc1)N(CCCN)C(=O)Cn1cnnc1. The topological polar surface area (TPSA) is 94.9 Å². The number of carbonyl (C=O) groups is 1. The second kappa shape index (κ2) is 12.0. The van der Waals surface area contributed by atoms with Gasteiger partial charge in [-0.2, -0.15) is 0 Å². The smallest absolute Gasteiger partial charge is 0.243 e. The summed E-state index contributed by atoms with van der Waals surface area (Å²) in [6, 6.07) is 17.7. The standard InChI is InChI=1S/C27H32ClN7O/c1-20(2)26(35(13-7-12-29)25(36)17-33-18-30-31-19-33)27-32-24(22-10-6-11-23(28)14-22)16-34(27)15-21-8-4-3-5-9-21/h3-6,8-11,14,16,18-20,26H,7,12-13,15,17,29H2,1-2H3/t26-/m1/s1. The number of nitrogens with two attached hydrogens (primary N) is 1. The molecule has 2 aromatic heterocycles. The van der Waals surface area contributed by atoms with E-state index >= 15 is 0 Å². The van der Waals surface area contributed by atoms with Crippen LogP contribution in [0.1, 0.15) is 37.7 Å². The van der Waals surface area contributed by atoms with Crippen molar-refractivity contribution in [3.05, 3.63) is 89.9 Å². The Hall–Kier alpha value is -3.49. The van der Waals surface area contributed by atoms with Crippen molar-refractivity contribution in [1.29, 1.82) is 0 Å². The highest BCUT2D eigenvalue weighted by molar-refractivity contribution is 6.30. The minimum absolute atomic E-state index is 0.0273. The first-order valence-corrected chi connectivity index (χ1v) is 12.5. The highest BCUT2D eigenvalue weighted by Crippen LogP contribution is 2.32. The Labute approximate surface area is 216 Å². The molecule has 36 heavy (non-hydrogen) atoms. The van der Waals surface area contributed by atoms with Crippen LogP contribution in [0.2, 0.25) is 5.02 Å². The average molecular weight is 506 g/mol. The van der Waals surface area contributed by atoms with Gasteiger partial charge < -0.3 is 19.8 Å². The van der Waals surface area contributed by atoms with E-state index in [2.05, 4.69) is 46.9 Å². The van der Waals surface area contributed by atoms with E-state index in [1.165, 1.54) is 0 Å². The molecule has 0 spiro atoms. The Balaban J connectivity index is 1.78. The second-order valence-electron chi connectivity index (χ2n) is 9.16. The lowest BCUT2D eigenvalue weighted by molar-refractivity contribution is -0.135. The van der Waals surface area contributed by atoms with Gasteiger partial charge in [0.1, 0.15) is 25.0 Å². The van der Waals surface area contributed by atoms with Crippen LogP contribution in [0.5, 0.6) is 0 Å². The van der Waals surface area contributed by atoms with Crippen molar-refractivity contribution >= 4 is 17.5 Å². The molecule has 0 aliphatic rings. The number of amides is 1. The summed E-state index contributed by atoms with van der Waals surface area (Å²) in [5.74, 6) is 0.912. The number of carbonyl (C=O) groups excluding carboxylic acids is 1. The Morgan fingerprint density at radius 3 is 2.50 bits per heavy atom. The summed E-state index contributed by atoms with van der Waals surface area (Å²) in [5.41, 5.74) is 8.76. The zero-order chi connectivity index (χ0) is 25.5. The third-order valence-electron chi connectivity index (χ3n) is 6.06. The van der Waals surface area contributed by atoms with Crippen LogP contribution in [-0.2, 0) is 17.9 Å². The zero-order valence-corrected chi connectivity index (χ0v) is 21.4. The molecular formula is C27H32ClN7O. The summed E-state index contributed by atoms with van der Waals surface area (Å²) >= 11 is 6.29. The number of hydrogen-bond donors (Lipinski definition) is 1. The van der Waals surface area contributed by atoms with Gasteiger partial charge >= 0.3 is 0 Å². The van der Waals surface area contributed by atoms with Crippen molar-refractivity contribution in [3.8, 4) is 11.3 Å². The van der Waals surface area contributed by atoms with E-state index in [4.69, 9.17) is 22.3 Å². The molecule has 8 nitrogen and oxygen atoms in total. The number of hydrogen-bond acceptors (Lipinski definition) is 5. The van der Waals surface area contributed by atoms with E-state index in [9.17, 15) is 4.79 Å². The van der Waals surface area contributed by atoms with Crippen molar-refractivity contribution in [2.24, 2.45) is 11.7 Å². The van der Waals surface area contributed by atoms with Crippen LogP contribution < -0.4 is 5.73 Å². The van der Waals surface area contributed by atoms with Crippen LogP contribution in [0, 0.1) is 5.92 Å². The predicted molar refractivity (Wildman–Crippen MR) is 141 cm³/mol. The summed E-state index contributed by atoms with van der Waals surface area (Å²) in [7, 11) is 0. The van der Waals surface area contributed by atoms with Crippen LogP contribution >= 0.6 is 11.6 Å². The minimum Gasteiger partial charge on any atom is -0.331 e. The lowest BCUT2D eigenvalue weighted by Crippen LogP contribution is -2.41. The predicted octanol–water partition coefficient (Wildman–Crippen LogP) is 4.42. The molecule has 2 aromatic carbocycles. The first-order chi connectivity index (χ1) is 17.5. The summed E-state index contributed by atoms with van der Waals surface area (Å²) in [5, 5.41) is 8.32. The van der Waals surface area contributed by atoms with Gasteiger partial charge in [0.15, 0.2) is 0 Å². The van der Waals surface area contributed by atoms with Crippen molar-refractivity contribution in [1.82, 2.24) is 29.2 Å². The Kier molecular flexibility index (Phi) is 8.51. The second-order valence-corrected chi connectivity index (χ2v) is 9.60. The number of nitrogens with zero attached hydrogens (tertiary/aromatic N) is 6. The summed E-state index contributed by atoms with van der Waals surface area (Å²) in [6.45, 7) is 6.05. The highest BCUT2D eigenvalue weighted by Gasteiger charge is 2.32. The first-order valence-electron chi connectivity index (χ1n) is 12.1. The molecule has 4 aromatic rings. The van der Waals surface area contributed by atoms with E-state index < -0.39 is 0 Å². The molecule has 0 bridgehead atoms. The zero-order valence-electron chi connectivity index (χ0n) is 20.7. The molecule has 2 heterocycles. The fraction of sp³-hybridized carbons (Fsp3) is 0.333. The number of benzene rings is 2. The molecule has 0 aliphatic carbocycles. The Bertz CT molecular complexity index is 1250. The van der Waals surface area contributed by atoms with E-state index in [0.29, 0.717) is 31.1 Å². The summed E-state index contributed by atoms with van der Waals surface area (Å²) in [6.07, 6.45) is 5.85. The molecule has 0 saturated heterocycles. The fourth-order valence-electron chi connectivity index (χ4n) is 4.39. The largest absolute Gasteiger partial charge is 0.331 e. The molecule has 0 saturated carbocycles. The van der Waals surface area contributed by atoms with Crippen LogP contribution in [0.4, 0.5) is 0 Å². The van der Waals surface area contributed by atoms with Crippen molar-refractivity contribution in [2.75, 3.05) is 13.1 Å². The molecule has 4 rings (SSSR count). The van der Waals surface area contributed by atoms with Crippen LogP contribution in [0.3, 0.4) is 0 Å². The van der Waals surface area contributed by atoms with E-state index in [1.807, 2.05) is 47.4 Å². The van der Waals surface area contributed by atoms with Gasteiger partial charge in [-0.3, -0.25) is 4.79 Å².